The summed E-state index contributed by atoms with van der Waals surface area (Å²) in [5.74, 6) is -0.762. The van der Waals surface area contributed by atoms with Crippen LogP contribution in [0.4, 0.5) is 5.69 Å². The van der Waals surface area contributed by atoms with Crippen molar-refractivity contribution in [2.45, 2.75) is 11.4 Å². The average molecular weight is 331 g/mol. The lowest BCUT2D eigenvalue weighted by Crippen LogP contribution is -2.15. The highest BCUT2D eigenvalue weighted by Crippen LogP contribution is 2.30. The summed E-state index contributed by atoms with van der Waals surface area (Å²) in [4.78, 5) is 10.9. The Labute approximate surface area is 125 Å². The van der Waals surface area contributed by atoms with Crippen LogP contribution in [0, 0.1) is 0 Å². The fourth-order valence-electron chi connectivity index (χ4n) is 1.68. The van der Waals surface area contributed by atoms with Crippen molar-refractivity contribution in [2.75, 3.05) is 5.32 Å². The highest BCUT2D eigenvalue weighted by atomic mass is 35.5. The number of hydrogen-bond acceptors (Lipinski definition) is 5. The zero-order valence-corrected chi connectivity index (χ0v) is 12.1. The molecular formula is C12H11ClN2O5S. The van der Waals surface area contributed by atoms with Gasteiger partial charge in [-0.15, -0.1) is 0 Å². The van der Waals surface area contributed by atoms with Crippen molar-refractivity contribution in [3.05, 3.63) is 46.9 Å². The Kier molecular flexibility index (Phi) is 4.21. The molecule has 1 aromatic carbocycles. The Morgan fingerprint density at radius 2 is 2.14 bits per heavy atom. The van der Waals surface area contributed by atoms with Crippen LogP contribution < -0.4 is 10.5 Å². The number of primary sulfonamides is 1. The predicted octanol–water partition coefficient (Wildman–Crippen LogP) is 1.89. The van der Waals surface area contributed by atoms with Crippen LogP contribution in [-0.4, -0.2) is 19.5 Å². The number of rotatable bonds is 5. The fourth-order valence-corrected chi connectivity index (χ4v) is 2.60. The second-order valence-electron chi connectivity index (χ2n) is 4.11. The molecule has 0 saturated heterocycles. The number of nitrogens with two attached hydrogens (primary N) is 1. The van der Waals surface area contributed by atoms with Crippen LogP contribution in [0.2, 0.25) is 5.02 Å². The van der Waals surface area contributed by atoms with Gasteiger partial charge in [-0.1, -0.05) is 11.6 Å². The summed E-state index contributed by atoms with van der Waals surface area (Å²) in [7, 11) is -4.05. The van der Waals surface area contributed by atoms with Crippen molar-refractivity contribution in [1.29, 1.82) is 0 Å². The molecule has 7 nitrogen and oxygen atoms in total. The van der Waals surface area contributed by atoms with E-state index in [9.17, 15) is 18.3 Å². The third-order valence-corrected chi connectivity index (χ3v) is 3.83. The number of halogens is 1. The Balaban J connectivity index is 2.42. The molecule has 0 radical (unpaired) electrons. The minimum Gasteiger partial charge on any atom is -0.478 e. The largest absolute Gasteiger partial charge is 0.478 e. The van der Waals surface area contributed by atoms with E-state index in [1.165, 1.54) is 6.26 Å². The SMILES string of the molecule is NS(=O)(=O)c1cc(Cl)c(NCc2ccco2)c(C(=O)O)c1. The van der Waals surface area contributed by atoms with Crippen LogP contribution in [0.5, 0.6) is 0 Å². The molecule has 21 heavy (non-hydrogen) atoms. The van der Waals surface area contributed by atoms with Gasteiger partial charge in [0.25, 0.3) is 0 Å². The van der Waals surface area contributed by atoms with Crippen molar-refractivity contribution in [3.8, 4) is 0 Å². The van der Waals surface area contributed by atoms with Crippen LogP contribution >= 0.6 is 11.6 Å². The monoisotopic (exact) mass is 330 g/mol. The Bertz CT molecular complexity index is 771. The van der Waals surface area contributed by atoms with Crippen molar-refractivity contribution in [1.82, 2.24) is 0 Å². The lowest BCUT2D eigenvalue weighted by molar-refractivity contribution is 0.0697. The normalized spacial score (nSPS) is 11.3. The molecule has 0 unspecified atom stereocenters. The lowest BCUT2D eigenvalue weighted by Gasteiger charge is -2.12. The van der Waals surface area contributed by atoms with Crippen LogP contribution in [0.25, 0.3) is 0 Å². The van der Waals surface area contributed by atoms with Gasteiger partial charge >= 0.3 is 5.97 Å². The zero-order valence-electron chi connectivity index (χ0n) is 10.5. The van der Waals surface area contributed by atoms with Crippen molar-refractivity contribution in [3.63, 3.8) is 0 Å². The molecule has 1 heterocycles. The first-order chi connectivity index (χ1) is 9.79. The van der Waals surface area contributed by atoms with E-state index in [1.54, 1.807) is 12.1 Å². The Morgan fingerprint density at radius 3 is 2.67 bits per heavy atom. The number of carbonyl (C=O) groups is 1. The number of furan rings is 1. The molecule has 0 amide bonds. The molecule has 0 saturated carbocycles. The van der Waals surface area contributed by atoms with E-state index < -0.39 is 16.0 Å². The molecule has 112 valence electrons. The molecular weight excluding hydrogens is 320 g/mol. The second kappa shape index (κ2) is 5.76. The molecule has 0 fully saturated rings. The summed E-state index contributed by atoms with van der Waals surface area (Å²) >= 11 is 5.95. The van der Waals surface area contributed by atoms with Gasteiger partial charge in [0.05, 0.1) is 34.0 Å². The van der Waals surface area contributed by atoms with E-state index in [1.807, 2.05) is 0 Å². The van der Waals surface area contributed by atoms with Gasteiger partial charge in [-0.05, 0) is 24.3 Å². The number of sulfonamides is 1. The quantitative estimate of drug-likeness (QED) is 0.769. The maximum Gasteiger partial charge on any atom is 0.337 e. The van der Waals surface area contributed by atoms with Gasteiger partial charge in [-0.2, -0.15) is 0 Å². The maximum absolute atomic E-state index is 11.3. The molecule has 4 N–H and O–H groups in total. The van der Waals surface area contributed by atoms with E-state index in [4.69, 9.17) is 21.2 Å². The van der Waals surface area contributed by atoms with Crippen LogP contribution in [0.15, 0.2) is 39.8 Å². The molecule has 0 spiro atoms. The third-order valence-electron chi connectivity index (χ3n) is 2.64. The predicted molar refractivity (Wildman–Crippen MR) is 75.8 cm³/mol. The van der Waals surface area contributed by atoms with E-state index >= 15 is 0 Å². The van der Waals surface area contributed by atoms with E-state index in [0.717, 1.165) is 12.1 Å². The Morgan fingerprint density at radius 1 is 1.43 bits per heavy atom. The Hall–Kier alpha value is -2.03. The maximum atomic E-state index is 11.3. The van der Waals surface area contributed by atoms with Gasteiger partial charge in [0, 0.05) is 0 Å². The average Bonchev–Trinajstić information content (AvgIpc) is 2.88. The number of benzene rings is 1. The first-order valence-electron chi connectivity index (χ1n) is 5.65. The van der Waals surface area contributed by atoms with Gasteiger partial charge in [0.1, 0.15) is 5.76 Å². The minimum atomic E-state index is -4.05. The number of nitrogens with one attached hydrogen (secondary N) is 1. The van der Waals surface area contributed by atoms with Gasteiger partial charge in [-0.25, -0.2) is 18.4 Å². The second-order valence-corrected chi connectivity index (χ2v) is 6.08. The number of hydrogen-bond donors (Lipinski definition) is 3. The topological polar surface area (TPSA) is 123 Å². The van der Waals surface area contributed by atoms with Crippen molar-refractivity contribution in [2.24, 2.45) is 5.14 Å². The van der Waals surface area contributed by atoms with Crippen LogP contribution in [0.1, 0.15) is 16.1 Å². The molecule has 2 aromatic rings. The molecule has 9 heteroatoms. The molecule has 1 aromatic heterocycles. The molecule has 0 atom stereocenters. The fraction of sp³-hybridized carbons (Fsp3) is 0.0833. The lowest BCUT2D eigenvalue weighted by atomic mass is 10.1. The summed E-state index contributed by atoms with van der Waals surface area (Å²) in [5.41, 5.74) is -0.203. The summed E-state index contributed by atoms with van der Waals surface area (Å²) in [5, 5.41) is 16.9. The van der Waals surface area contributed by atoms with Gasteiger partial charge in [0.2, 0.25) is 10.0 Å². The van der Waals surface area contributed by atoms with Crippen molar-refractivity contribution >= 4 is 33.3 Å². The first-order valence-corrected chi connectivity index (χ1v) is 7.57. The van der Waals surface area contributed by atoms with Crippen LogP contribution in [-0.2, 0) is 16.6 Å². The molecule has 0 aliphatic rings. The van der Waals surface area contributed by atoms with Crippen molar-refractivity contribution < 1.29 is 22.7 Å². The molecule has 2 rings (SSSR count). The van der Waals surface area contributed by atoms with Gasteiger partial charge in [-0.3, -0.25) is 0 Å². The third kappa shape index (κ3) is 3.54. The summed E-state index contributed by atoms with van der Waals surface area (Å²) < 4.78 is 27.7. The van der Waals surface area contributed by atoms with E-state index in [-0.39, 0.29) is 27.7 Å². The van der Waals surface area contributed by atoms with Gasteiger partial charge in [0.15, 0.2) is 0 Å². The number of carboxylic acid groups (broad SMARTS) is 1. The smallest absolute Gasteiger partial charge is 0.337 e. The number of carboxylic acids is 1. The standard InChI is InChI=1S/C12H11ClN2O5S/c13-10-5-8(21(14,18)19)4-9(12(16)17)11(10)15-6-7-2-1-3-20-7/h1-5,15H,6H2,(H,16,17)(H2,14,18,19). The van der Waals surface area contributed by atoms with E-state index in [0.29, 0.717) is 5.76 Å². The highest BCUT2D eigenvalue weighted by Gasteiger charge is 2.19. The number of aromatic carboxylic acids is 1. The molecule has 0 aliphatic heterocycles. The molecule has 0 aliphatic carbocycles. The summed E-state index contributed by atoms with van der Waals surface area (Å²) in [6.07, 6.45) is 1.47. The van der Waals surface area contributed by atoms with E-state index in [2.05, 4.69) is 5.32 Å². The molecule has 0 bridgehead atoms. The summed E-state index contributed by atoms with van der Waals surface area (Å²) in [6.45, 7) is 0.196. The first kappa shape index (κ1) is 15.4. The number of anilines is 1. The van der Waals surface area contributed by atoms with Crippen LogP contribution in [0.3, 0.4) is 0 Å². The van der Waals surface area contributed by atoms with Gasteiger partial charge < -0.3 is 14.8 Å². The summed E-state index contributed by atoms with van der Waals surface area (Å²) in [6, 6.07) is 5.42. The highest BCUT2D eigenvalue weighted by molar-refractivity contribution is 7.89. The minimum absolute atomic E-state index is 0.0644. The zero-order chi connectivity index (χ0) is 15.6.